The maximum Gasteiger partial charge on any atom is 0.255 e. The fourth-order valence-electron chi connectivity index (χ4n) is 3.68. The van der Waals surface area contributed by atoms with E-state index in [9.17, 15) is 10.0 Å². The second-order valence-electron chi connectivity index (χ2n) is 7.36. The van der Waals surface area contributed by atoms with E-state index in [0.29, 0.717) is 6.54 Å². The maximum atomic E-state index is 12.4. The van der Waals surface area contributed by atoms with Crippen LogP contribution >= 0.6 is 0 Å². The zero-order valence-electron chi connectivity index (χ0n) is 17.0. The smallest absolute Gasteiger partial charge is 0.255 e. The summed E-state index contributed by atoms with van der Waals surface area (Å²) < 4.78 is 0. The maximum absolute atomic E-state index is 12.4. The topological polar surface area (TPSA) is 61.4 Å². The second-order valence-corrected chi connectivity index (χ2v) is 7.36. The molecular weight excluding hydrogens is 384 g/mol. The number of amides is 1. The second kappa shape index (κ2) is 9.74. The molecule has 0 aliphatic heterocycles. The molecular formula is C27H24N2O2. The van der Waals surface area contributed by atoms with Gasteiger partial charge in [0.2, 0.25) is 0 Å². The van der Waals surface area contributed by atoms with E-state index in [2.05, 4.69) is 41.7 Å². The van der Waals surface area contributed by atoms with Crippen LogP contribution in [0.5, 0.6) is 0 Å². The van der Waals surface area contributed by atoms with E-state index in [1.165, 1.54) is 11.1 Å². The molecule has 0 spiro atoms. The van der Waals surface area contributed by atoms with Crippen LogP contribution in [0.1, 0.15) is 22.6 Å². The van der Waals surface area contributed by atoms with Crippen LogP contribution in [-0.4, -0.2) is 11.1 Å². The van der Waals surface area contributed by atoms with E-state index < -0.39 is 11.8 Å². The molecule has 4 nitrogen and oxygen atoms in total. The quantitative estimate of drug-likeness (QED) is 0.275. The summed E-state index contributed by atoms with van der Waals surface area (Å²) in [7, 11) is 0. The van der Waals surface area contributed by atoms with Gasteiger partial charge in [0.1, 0.15) is 0 Å². The van der Waals surface area contributed by atoms with Crippen LogP contribution in [0.2, 0.25) is 0 Å². The van der Waals surface area contributed by atoms with Gasteiger partial charge in [-0.25, -0.2) is 5.48 Å². The summed E-state index contributed by atoms with van der Waals surface area (Å²) >= 11 is 0. The Balaban J connectivity index is 1.49. The molecule has 0 radical (unpaired) electrons. The number of rotatable bonds is 7. The molecule has 31 heavy (non-hydrogen) atoms. The summed E-state index contributed by atoms with van der Waals surface area (Å²) in [5.74, 6) is -1.04. The lowest BCUT2D eigenvalue weighted by Crippen LogP contribution is -2.27. The van der Waals surface area contributed by atoms with Gasteiger partial charge in [0.25, 0.3) is 5.91 Å². The summed E-state index contributed by atoms with van der Waals surface area (Å²) in [5.41, 5.74) is 7.89. The summed E-state index contributed by atoms with van der Waals surface area (Å²) in [6, 6.07) is 35.9. The van der Waals surface area contributed by atoms with Gasteiger partial charge in [-0.05, 0) is 39.9 Å². The monoisotopic (exact) mass is 408 g/mol. The highest BCUT2D eigenvalue weighted by Gasteiger charge is 2.22. The van der Waals surface area contributed by atoms with Crippen molar-refractivity contribution in [3.63, 3.8) is 0 Å². The number of hydrogen-bond acceptors (Lipinski definition) is 3. The predicted molar refractivity (Wildman–Crippen MR) is 124 cm³/mol. The zero-order chi connectivity index (χ0) is 21.5. The molecule has 4 aromatic carbocycles. The van der Waals surface area contributed by atoms with E-state index >= 15 is 0 Å². The first-order chi connectivity index (χ1) is 15.2. The molecule has 0 bridgehead atoms. The van der Waals surface area contributed by atoms with Crippen LogP contribution in [0, 0.1) is 0 Å². The average Bonchev–Trinajstić information content (AvgIpc) is 2.84. The van der Waals surface area contributed by atoms with Gasteiger partial charge in [-0.2, -0.15) is 0 Å². The number of nitrogens with one attached hydrogen (secondary N) is 2. The standard InChI is InChI=1S/C27H24N2O2/c30-27(29-31)26(23-10-5-2-6-11-23)24-12-7-13-25(18-24)28-19-20-14-16-22(17-15-20)21-8-3-1-4-9-21/h1-18,26,28,31H,19H2,(H,29,30). The van der Waals surface area contributed by atoms with Gasteiger partial charge >= 0.3 is 0 Å². The van der Waals surface area contributed by atoms with Crippen molar-refractivity contribution in [2.24, 2.45) is 0 Å². The number of benzene rings is 4. The van der Waals surface area contributed by atoms with E-state index in [1.807, 2.05) is 72.8 Å². The Morgan fingerprint density at radius 3 is 2.00 bits per heavy atom. The van der Waals surface area contributed by atoms with Gasteiger partial charge in [0.05, 0.1) is 5.92 Å². The van der Waals surface area contributed by atoms with Crippen molar-refractivity contribution in [1.82, 2.24) is 5.48 Å². The Morgan fingerprint density at radius 2 is 1.32 bits per heavy atom. The Bertz CT molecular complexity index is 1130. The molecule has 154 valence electrons. The first-order valence-corrected chi connectivity index (χ1v) is 10.2. The fraction of sp³-hybridized carbons (Fsp3) is 0.0741. The Morgan fingerprint density at radius 1 is 0.710 bits per heavy atom. The number of hydroxylamine groups is 1. The molecule has 1 amide bonds. The van der Waals surface area contributed by atoms with Gasteiger partial charge in [0.15, 0.2) is 0 Å². The lowest BCUT2D eigenvalue weighted by molar-refractivity contribution is -0.129. The van der Waals surface area contributed by atoms with Crippen molar-refractivity contribution < 1.29 is 10.0 Å². The normalized spacial score (nSPS) is 11.5. The number of anilines is 1. The molecule has 0 saturated carbocycles. The van der Waals surface area contributed by atoms with Crippen molar-refractivity contribution in [3.8, 4) is 11.1 Å². The molecule has 0 aliphatic rings. The minimum Gasteiger partial charge on any atom is -0.381 e. The SMILES string of the molecule is O=C(NO)C(c1ccccc1)c1cccc(NCc2ccc(-c3ccccc3)cc2)c1. The third-order valence-electron chi connectivity index (χ3n) is 5.28. The molecule has 1 atom stereocenters. The van der Waals surface area contributed by atoms with E-state index in [0.717, 1.165) is 22.4 Å². The van der Waals surface area contributed by atoms with Crippen molar-refractivity contribution in [1.29, 1.82) is 0 Å². The van der Waals surface area contributed by atoms with Gasteiger partial charge in [-0.1, -0.05) is 97.1 Å². The Hall–Kier alpha value is -3.89. The molecule has 4 heteroatoms. The van der Waals surface area contributed by atoms with Gasteiger partial charge in [-0.3, -0.25) is 10.0 Å². The summed E-state index contributed by atoms with van der Waals surface area (Å²) in [4.78, 5) is 12.4. The zero-order valence-corrected chi connectivity index (χ0v) is 17.0. The summed E-state index contributed by atoms with van der Waals surface area (Å²) in [6.45, 7) is 0.667. The van der Waals surface area contributed by atoms with Gasteiger partial charge in [0, 0.05) is 12.2 Å². The van der Waals surface area contributed by atoms with E-state index in [1.54, 1.807) is 5.48 Å². The van der Waals surface area contributed by atoms with Crippen LogP contribution in [-0.2, 0) is 11.3 Å². The van der Waals surface area contributed by atoms with Crippen LogP contribution in [0.4, 0.5) is 5.69 Å². The fourth-order valence-corrected chi connectivity index (χ4v) is 3.68. The van der Waals surface area contributed by atoms with E-state index in [-0.39, 0.29) is 0 Å². The third kappa shape index (κ3) is 5.00. The first-order valence-electron chi connectivity index (χ1n) is 10.2. The number of carbonyl (C=O) groups is 1. The largest absolute Gasteiger partial charge is 0.381 e. The molecule has 3 N–H and O–H groups in total. The molecule has 0 saturated heterocycles. The molecule has 1 unspecified atom stereocenters. The van der Waals surface area contributed by atoms with Crippen LogP contribution in [0.15, 0.2) is 109 Å². The van der Waals surface area contributed by atoms with Crippen molar-refractivity contribution in [2.45, 2.75) is 12.5 Å². The van der Waals surface area contributed by atoms with Crippen molar-refractivity contribution >= 4 is 11.6 Å². The van der Waals surface area contributed by atoms with Crippen LogP contribution < -0.4 is 10.8 Å². The summed E-state index contributed by atoms with van der Waals surface area (Å²) in [6.07, 6.45) is 0. The van der Waals surface area contributed by atoms with Crippen LogP contribution in [0.25, 0.3) is 11.1 Å². The van der Waals surface area contributed by atoms with Crippen molar-refractivity contribution in [3.05, 3.63) is 126 Å². The lowest BCUT2D eigenvalue weighted by atomic mass is 9.90. The Kier molecular flexibility index (Phi) is 6.41. The number of carbonyl (C=O) groups excluding carboxylic acids is 1. The molecule has 0 aliphatic carbocycles. The van der Waals surface area contributed by atoms with Gasteiger partial charge < -0.3 is 5.32 Å². The predicted octanol–water partition coefficient (Wildman–Crippen LogP) is 5.60. The highest BCUT2D eigenvalue weighted by Crippen LogP contribution is 2.27. The highest BCUT2D eigenvalue weighted by atomic mass is 16.5. The molecule has 0 aromatic heterocycles. The summed E-state index contributed by atoms with van der Waals surface area (Å²) in [5, 5.41) is 12.7. The van der Waals surface area contributed by atoms with E-state index in [4.69, 9.17) is 0 Å². The van der Waals surface area contributed by atoms with Crippen LogP contribution in [0.3, 0.4) is 0 Å². The van der Waals surface area contributed by atoms with Crippen molar-refractivity contribution in [2.75, 3.05) is 5.32 Å². The first kappa shape index (κ1) is 20.4. The molecule has 0 fully saturated rings. The Labute approximate surface area is 182 Å². The molecule has 4 rings (SSSR count). The molecule has 4 aromatic rings. The minimum absolute atomic E-state index is 0.458. The molecule has 0 heterocycles. The minimum atomic E-state index is -0.585. The number of hydrogen-bond donors (Lipinski definition) is 3. The highest BCUT2D eigenvalue weighted by molar-refractivity contribution is 5.86. The van der Waals surface area contributed by atoms with Gasteiger partial charge in [-0.15, -0.1) is 0 Å². The third-order valence-corrected chi connectivity index (χ3v) is 5.28. The lowest BCUT2D eigenvalue weighted by Gasteiger charge is -2.17. The average molecular weight is 409 g/mol.